The van der Waals surface area contributed by atoms with Crippen molar-refractivity contribution in [1.82, 2.24) is 14.7 Å². The van der Waals surface area contributed by atoms with Crippen LogP contribution >= 0.6 is 11.6 Å². The third-order valence-electron chi connectivity index (χ3n) is 6.11. The molecule has 10 heteroatoms. The predicted octanol–water partition coefficient (Wildman–Crippen LogP) is 5.20. The van der Waals surface area contributed by atoms with Gasteiger partial charge in [-0.25, -0.2) is 9.07 Å². The smallest absolute Gasteiger partial charge is 0.272 e. The van der Waals surface area contributed by atoms with Gasteiger partial charge >= 0.3 is 0 Å². The highest BCUT2D eigenvalue weighted by Crippen LogP contribution is 2.26. The Labute approximate surface area is 211 Å². The van der Waals surface area contributed by atoms with Crippen molar-refractivity contribution in [3.8, 4) is 16.9 Å². The Morgan fingerprint density at radius 1 is 0.917 bits per heavy atom. The number of nitro groups is 1. The van der Waals surface area contributed by atoms with Gasteiger partial charge in [-0.3, -0.25) is 14.9 Å². The van der Waals surface area contributed by atoms with Crippen LogP contribution in [0.2, 0.25) is 5.02 Å². The molecule has 0 radical (unpaired) electrons. The van der Waals surface area contributed by atoms with Gasteiger partial charge in [-0.05, 0) is 60.7 Å². The Bertz CT molecular complexity index is 1410. The van der Waals surface area contributed by atoms with Gasteiger partial charge in [0.2, 0.25) is 0 Å². The number of carbonyl (C=O) groups is 1. The van der Waals surface area contributed by atoms with E-state index in [-0.39, 0.29) is 17.4 Å². The van der Waals surface area contributed by atoms with Crippen molar-refractivity contribution in [2.45, 2.75) is 0 Å². The van der Waals surface area contributed by atoms with E-state index in [0.29, 0.717) is 53.8 Å². The molecule has 1 aliphatic heterocycles. The molecule has 0 N–H and O–H groups in total. The number of piperazine rings is 1. The van der Waals surface area contributed by atoms with E-state index in [1.165, 1.54) is 24.3 Å². The summed E-state index contributed by atoms with van der Waals surface area (Å²) in [6.07, 6.45) is 0. The highest BCUT2D eigenvalue weighted by molar-refractivity contribution is 6.30. The zero-order valence-electron chi connectivity index (χ0n) is 19.1. The maximum absolute atomic E-state index is 13.6. The molecule has 1 amide bonds. The zero-order valence-corrected chi connectivity index (χ0v) is 19.8. The number of hydrogen-bond acceptors (Lipinski definition) is 5. The summed E-state index contributed by atoms with van der Waals surface area (Å²) in [5.74, 6) is -0.533. The van der Waals surface area contributed by atoms with Crippen molar-refractivity contribution < 1.29 is 14.1 Å². The summed E-state index contributed by atoms with van der Waals surface area (Å²) >= 11 is 6.20. The standard InChI is InChI=1S/C26H21ClFN5O3/c27-19-2-1-3-23(16-19)32-25(17-24(29-32)18-4-6-20(28)7-5-18)26(34)31-14-12-30(13-15-31)21-8-10-22(11-9-21)33(35)36/h1-11,16-17H,12-15H2. The number of nitro benzene ring substituents is 1. The van der Waals surface area contributed by atoms with Crippen LogP contribution < -0.4 is 4.90 Å². The molecule has 1 fully saturated rings. The Morgan fingerprint density at radius 2 is 1.61 bits per heavy atom. The van der Waals surface area contributed by atoms with Crippen LogP contribution in [-0.2, 0) is 0 Å². The molecule has 182 valence electrons. The van der Waals surface area contributed by atoms with Crippen molar-refractivity contribution in [3.05, 3.63) is 106 Å². The summed E-state index contributed by atoms with van der Waals surface area (Å²) in [5, 5.41) is 16.1. The number of halogens is 2. The van der Waals surface area contributed by atoms with Crippen molar-refractivity contribution in [2.75, 3.05) is 31.1 Å². The molecule has 8 nitrogen and oxygen atoms in total. The van der Waals surface area contributed by atoms with Crippen LogP contribution in [0, 0.1) is 15.9 Å². The average molecular weight is 506 g/mol. The summed E-state index contributed by atoms with van der Waals surface area (Å²) in [6, 6.07) is 21.1. The molecule has 0 saturated carbocycles. The largest absolute Gasteiger partial charge is 0.368 e. The molecule has 0 spiro atoms. The third kappa shape index (κ3) is 4.78. The fourth-order valence-corrected chi connectivity index (χ4v) is 4.40. The molecular formula is C26H21ClFN5O3. The number of anilines is 1. The fraction of sp³-hybridized carbons (Fsp3) is 0.154. The lowest BCUT2D eigenvalue weighted by Gasteiger charge is -2.36. The number of amides is 1. The lowest BCUT2D eigenvalue weighted by atomic mass is 10.1. The molecule has 0 atom stereocenters. The minimum atomic E-state index is -0.427. The van der Waals surface area contributed by atoms with Crippen molar-refractivity contribution in [2.24, 2.45) is 0 Å². The summed E-state index contributed by atoms with van der Waals surface area (Å²) in [6.45, 7) is 2.12. The van der Waals surface area contributed by atoms with Gasteiger partial charge in [0.15, 0.2) is 0 Å². The molecule has 4 aromatic rings. The Morgan fingerprint density at radius 3 is 2.25 bits per heavy atom. The number of nitrogens with zero attached hydrogens (tertiary/aromatic N) is 5. The topological polar surface area (TPSA) is 84.5 Å². The van der Waals surface area contributed by atoms with E-state index in [4.69, 9.17) is 11.6 Å². The van der Waals surface area contributed by atoms with Crippen LogP contribution in [0.15, 0.2) is 78.9 Å². The van der Waals surface area contributed by atoms with Crippen molar-refractivity contribution in [1.29, 1.82) is 0 Å². The van der Waals surface area contributed by atoms with Gasteiger partial charge in [-0.1, -0.05) is 17.7 Å². The average Bonchev–Trinajstić information content (AvgIpc) is 3.34. The molecule has 3 aromatic carbocycles. The first kappa shape index (κ1) is 23.5. The van der Waals surface area contributed by atoms with Crippen LogP contribution in [0.3, 0.4) is 0 Å². The maximum atomic E-state index is 13.6. The quantitative estimate of drug-likeness (QED) is 0.275. The van der Waals surface area contributed by atoms with E-state index in [1.54, 1.807) is 58.1 Å². The van der Waals surface area contributed by atoms with E-state index < -0.39 is 4.92 Å². The number of non-ortho nitro benzene ring substituents is 1. The maximum Gasteiger partial charge on any atom is 0.272 e. The van der Waals surface area contributed by atoms with Gasteiger partial charge in [0.25, 0.3) is 11.6 Å². The molecule has 2 heterocycles. The van der Waals surface area contributed by atoms with Gasteiger partial charge in [-0.2, -0.15) is 5.10 Å². The number of carbonyl (C=O) groups excluding carboxylic acids is 1. The van der Waals surface area contributed by atoms with Crippen LogP contribution in [0.5, 0.6) is 0 Å². The first-order chi connectivity index (χ1) is 17.4. The Hall–Kier alpha value is -4.24. The van der Waals surface area contributed by atoms with Crippen LogP contribution in [0.25, 0.3) is 16.9 Å². The van der Waals surface area contributed by atoms with Crippen LogP contribution in [-0.4, -0.2) is 51.7 Å². The molecule has 1 aliphatic rings. The molecule has 36 heavy (non-hydrogen) atoms. The second-order valence-electron chi connectivity index (χ2n) is 8.37. The van der Waals surface area contributed by atoms with Gasteiger partial charge in [0, 0.05) is 54.6 Å². The number of aromatic nitrogens is 2. The SMILES string of the molecule is O=C(c1cc(-c2ccc(F)cc2)nn1-c1cccc(Cl)c1)N1CCN(c2ccc([N+](=O)[O-])cc2)CC1. The van der Waals surface area contributed by atoms with Crippen LogP contribution in [0.1, 0.15) is 10.5 Å². The van der Waals surface area contributed by atoms with E-state index in [2.05, 4.69) is 10.00 Å². The van der Waals surface area contributed by atoms with Gasteiger partial charge < -0.3 is 9.80 Å². The minimum absolute atomic E-state index is 0.0406. The van der Waals surface area contributed by atoms with Crippen molar-refractivity contribution in [3.63, 3.8) is 0 Å². The molecule has 1 saturated heterocycles. The first-order valence-electron chi connectivity index (χ1n) is 11.3. The Kier molecular flexibility index (Phi) is 6.39. The zero-order chi connectivity index (χ0) is 25.2. The van der Waals surface area contributed by atoms with E-state index in [1.807, 2.05) is 6.07 Å². The second-order valence-corrected chi connectivity index (χ2v) is 8.80. The van der Waals surface area contributed by atoms with E-state index in [0.717, 1.165) is 5.69 Å². The molecule has 0 aliphatic carbocycles. The predicted molar refractivity (Wildman–Crippen MR) is 135 cm³/mol. The molecule has 1 aromatic heterocycles. The number of rotatable bonds is 5. The summed E-state index contributed by atoms with van der Waals surface area (Å²) in [4.78, 5) is 28.0. The summed E-state index contributed by atoms with van der Waals surface area (Å²) < 4.78 is 15.0. The molecular weight excluding hydrogens is 485 g/mol. The van der Waals surface area contributed by atoms with E-state index >= 15 is 0 Å². The third-order valence-corrected chi connectivity index (χ3v) is 6.35. The first-order valence-corrected chi connectivity index (χ1v) is 11.7. The summed E-state index contributed by atoms with van der Waals surface area (Å²) in [5.41, 5.74) is 3.16. The molecule has 5 rings (SSSR count). The number of hydrogen-bond donors (Lipinski definition) is 0. The van der Waals surface area contributed by atoms with Crippen molar-refractivity contribution >= 4 is 28.9 Å². The lowest BCUT2D eigenvalue weighted by Crippen LogP contribution is -2.49. The normalized spacial score (nSPS) is 13.6. The highest BCUT2D eigenvalue weighted by atomic mass is 35.5. The van der Waals surface area contributed by atoms with Gasteiger partial charge in [-0.15, -0.1) is 0 Å². The second kappa shape index (κ2) is 9.79. The van der Waals surface area contributed by atoms with Crippen LogP contribution in [0.4, 0.5) is 15.8 Å². The monoisotopic (exact) mass is 505 g/mol. The highest BCUT2D eigenvalue weighted by Gasteiger charge is 2.27. The summed E-state index contributed by atoms with van der Waals surface area (Å²) in [7, 11) is 0. The number of benzene rings is 3. The Balaban J connectivity index is 1.39. The lowest BCUT2D eigenvalue weighted by molar-refractivity contribution is -0.384. The van der Waals surface area contributed by atoms with Gasteiger partial charge in [0.1, 0.15) is 11.5 Å². The van der Waals surface area contributed by atoms with Gasteiger partial charge in [0.05, 0.1) is 16.3 Å². The fourth-order valence-electron chi connectivity index (χ4n) is 4.21. The molecule has 0 unspecified atom stereocenters. The molecule has 0 bridgehead atoms. The minimum Gasteiger partial charge on any atom is -0.368 e. The van der Waals surface area contributed by atoms with E-state index in [9.17, 15) is 19.3 Å².